The Labute approximate surface area is 207 Å². The van der Waals surface area contributed by atoms with E-state index in [2.05, 4.69) is 0 Å². The maximum absolute atomic E-state index is 13.3. The monoisotopic (exact) mass is 490 g/mol. The largest absolute Gasteiger partial charge is 0.464 e. The minimum atomic E-state index is -1.49. The first kappa shape index (κ1) is 28.2. The fourth-order valence-electron chi connectivity index (χ4n) is 3.63. The molecule has 2 aromatic rings. The molecule has 1 heterocycles. The molecule has 194 valence electrons. The highest BCUT2D eigenvalue weighted by molar-refractivity contribution is 5.93. The van der Waals surface area contributed by atoms with Crippen molar-refractivity contribution in [2.75, 3.05) is 20.4 Å². The Morgan fingerprint density at radius 3 is 2.09 bits per heavy atom. The van der Waals surface area contributed by atoms with Crippen molar-refractivity contribution in [2.24, 2.45) is 0 Å². The quantitative estimate of drug-likeness (QED) is 0.302. The van der Waals surface area contributed by atoms with Crippen molar-refractivity contribution in [2.45, 2.75) is 78.6 Å². The third-order valence-corrected chi connectivity index (χ3v) is 5.10. The Bertz CT molecular complexity index is 1060. The Morgan fingerprint density at radius 2 is 1.54 bits per heavy atom. The van der Waals surface area contributed by atoms with E-state index in [4.69, 9.17) is 18.9 Å². The van der Waals surface area contributed by atoms with Gasteiger partial charge in [0.2, 0.25) is 0 Å². The molecular formula is C26H38N2O7. The molecule has 9 heteroatoms. The number of benzene rings is 1. The van der Waals surface area contributed by atoms with Crippen molar-refractivity contribution in [1.82, 2.24) is 9.47 Å². The summed E-state index contributed by atoms with van der Waals surface area (Å²) in [6.45, 7) is 13.8. The smallest absolute Gasteiger partial charge is 0.419 e. The first-order valence-electron chi connectivity index (χ1n) is 11.6. The molecule has 0 aliphatic carbocycles. The third-order valence-electron chi connectivity index (χ3n) is 5.10. The van der Waals surface area contributed by atoms with E-state index in [9.17, 15) is 14.4 Å². The maximum atomic E-state index is 13.3. The number of hydrogen-bond donors (Lipinski definition) is 0. The first-order valence-corrected chi connectivity index (χ1v) is 11.6. The highest BCUT2D eigenvalue weighted by atomic mass is 16.6. The van der Waals surface area contributed by atoms with Crippen LogP contribution in [-0.4, -0.2) is 64.8 Å². The van der Waals surface area contributed by atoms with Gasteiger partial charge in [0.05, 0.1) is 12.1 Å². The van der Waals surface area contributed by atoms with Crippen LogP contribution in [0.25, 0.3) is 10.9 Å². The molecule has 1 aromatic carbocycles. The van der Waals surface area contributed by atoms with Crippen molar-refractivity contribution in [1.29, 1.82) is 0 Å². The molecule has 0 saturated heterocycles. The third kappa shape index (κ3) is 6.97. The summed E-state index contributed by atoms with van der Waals surface area (Å²) in [5.74, 6) is -0.614. The number of nitrogens with zero attached hydrogens (tertiary/aromatic N) is 2. The fraction of sp³-hybridized carbons (Fsp3) is 0.577. The lowest BCUT2D eigenvalue weighted by Crippen LogP contribution is -2.58. The van der Waals surface area contributed by atoms with Gasteiger partial charge in [0.15, 0.2) is 0 Å². The summed E-state index contributed by atoms with van der Waals surface area (Å²) in [7, 11) is 1.43. The first-order chi connectivity index (χ1) is 16.1. The molecular weight excluding hydrogens is 452 g/mol. The molecule has 0 bridgehead atoms. The van der Waals surface area contributed by atoms with E-state index < -0.39 is 34.9 Å². The average Bonchev–Trinajstić information content (AvgIpc) is 3.08. The zero-order valence-electron chi connectivity index (χ0n) is 22.3. The van der Waals surface area contributed by atoms with Gasteiger partial charge in [-0.25, -0.2) is 14.4 Å². The van der Waals surface area contributed by atoms with Gasteiger partial charge in [-0.05, 0) is 67.0 Å². The number of amides is 1. The van der Waals surface area contributed by atoms with Crippen LogP contribution in [0.4, 0.5) is 9.59 Å². The number of aromatic nitrogens is 1. The van der Waals surface area contributed by atoms with Gasteiger partial charge in [0.25, 0.3) is 0 Å². The number of ether oxygens (including phenoxy) is 4. The van der Waals surface area contributed by atoms with Crippen molar-refractivity contribution >= 4 is 29.1 Å². The van der Waals surface area contributed by atoms with Gasteiger partial charge in [-0.15, -0.1) is 0 Å². The van der Waals surface area contributed by atoms with Crippen LogP contribution in [0, 0.1) is 0 Å². The van der Waals surface area contributed by atoms with Crippen molar-refractivity contribution in [3.63, 3.8) is 0 Å². The second-order valence-electron chi connectivity index (χ2n) is 10.5. The van der Waals surface area contributed by atoms with E-state index >= 15 is 0 Å². The van der Waals surface area contributed by atoms with Gasteiger partial charge in [-0.1, -0.05) is 18.2 Å². The molecule has 9 nitrogen and oxygen atoms in total. The predicted octanol–water partition coefficient (Wildman–Crippen LogP) is 5.13. The minimum Gasteiger partial charge on any atom is -0.464 e. The standard InChI is InChI=1S/C26H38N2O7/c1-10-33-21(29)26(8,28(17-32-9)23(31)35-25(5,6)7)15-18-16-27(22(30)34-24(2,3)4)20-14-12-11-13-19(18)20/h11-14,16H,10,15,17H2,1-9H3/t26-/m0/s1. The highest BCUT2D eigenvalue weighted by Crippen LogP contribution is 2.31. The molecule has 0 unspecified atom stereocenters. The van der Waals surface area contributed by atoms with E-state index in [1.54, 1.807) is 67.7 Å². The number of fused-ring (bicyclic) bond motifs is 1. The number of carbonyl (C=O) groups is 3. The van der Waals surface area contributed by atoms with Gasteiger partial charge < -0.3 is 18.9 Å². The van der Waals surface area contributed by atoms with Crippen molar-refractivity contribution in [3.05, 3.63) is 36.0 Å². The second-order valence-corrected chi connectivity index (χ2v) is 10.5. The molecule has 0 N–H and O–H groups in total. The molecule has 0 radical (unpaired) electrons. The van der Waals surface area contributed by atoms with E-state index in [-0.39, 0.29) is 19.8 Å². The average molecular weight is 491 g/mol. The Hall–Kier alpha value is -3.07. The van der Waals surface area contributed by atoms with Crippen molar-refractivity contribution in [3.8, 4) is 0 Å². The van der Waals surface area contributed by atoms with Gasteiger partial charge in [-0.3, -0.25) is 9.47 Å². The summed E-state index contributed by atoms with van der Waals surface area (Å²) >= 11 is 0. The molecule has 1 aromatic heterocycles. The van der Waals surface area contributed by atoms with E-state index in [0.29, 0.717) is 11.1 Å². The number of carbonyl (C=O) groups excluding carboxylic acids is 3. The summed E-state index contributed by atoms with van der Waals surface area (Å²) in [6.07, 6.45) is 0.422. The van der Waals surface area contributed by atoms with Crippen LogP contribution in [-0.2, 0) is 30.2 Å². The van der Waals surface area contributed by atoms with Crippen LogP contribution in [0.2, 0.25) is 0 Å². The van der Waals surface area contributed by atoms with Crippen LogP contribution in [0.1, 0.15) is 61.0 Å². The molecule has 35 heavy (non-hydrogen) atoms. The lowest BCUT2D eigenvalue weighted by Gasteiger charge is -2.39. The molecule has 1 atom stereocenters. The van der Waals surface area contributed by atoms with E-state index in [0.717, 1.165) is 5.39 Å². The molecule has 1 amide bonds. The fourth-order valence-corrected chi connectivity index (χ4v) is 3.63. The minimum absolute atomic E-state index is 0.0464. The number of rotatable bonds is 7. The van der Waals surface area contributed by atoms with Crippen LogP contribution in [0.3, 0.4) is 0 Å². The van der Waals surface area contributed by atoms with E-state index in [1.165, 1.54) is 16.6 Å². The number of methoxy groups -OCH3 is 1. The summed E-state index contributed by atoms with van der Waals surface area (Å²) in [5, 5.41) is 0.746. The summed E-state index contributed by atoms with van der Waals surface area (Å²) in [5.41, 5.74) is -1.68. The molecule has 0 saturated carbocycles. The zero-order valence-corrected chi connectivity index (χ0v) is 22.3. The van der Waals surface area contributed by atoms with Gasteiger partial charge in [0, 0.05) is 25.1 Å². The number of esters is 1. The van der Waals surface area contributed by atoms with Crippen LogP contribution in [0.15, 0.2) is 30.5 Å². The Balaban J connectivity index is 2.62. The molecule has 0 aliphatic rings. The summed E-state index contributed by atoms with van der Waals surface area (Å²) < 4.78 is 23.2. The van der Waals surface area contributed by atoms with Crippen LogP contribution in [0.5, 0.6) is 0 Å². The molecule has 0 fully saturated rings. The van der Waals surface area contributed by atoms with Crippen molar-refractivity contribution < 1.29 is 33.3 Å². The lowest BCUT2D eigenvalue weighted by atomic mass is 9.91. The van der Waals surface area contributed by atoms with Gasteiger partial charge >= 0.3 is 18.2 Å². The molecule has 2 rings (SSSR count). The lowest BCUT2D eigenvalue weighted by molar-refractivity contribution is -0.159. The highest BCUT2D eigenvalue weighted by Gasteiger charge is 2.46. The topological polar surface area (TPSA) is 96.3 Å². The molecule has 0 aliphatic heterocycles. The Morgan fingerprint density at radius 1 is 0.943 bits per heavy atom. The second kappa shape index (κ2) is 10.7. The Kier molecular flexibility index (Phi) is 8.60. The maximum Gasteiger partial charge on any atom is 0.419 e. The number of hydrogen-bond acceptors (Lipinski definition) is 7. The van der Waals surface area contributed by atoms with Crippen LogP contribution < -0.4 is 0 Å². The zero-order chi connectivity index (χ0) is 26.6. The van der Waals surface area contributed by atoms with Gasteiger partial charge in [0.1, 0.15) is 23.5 Å². The number of para-hydroxylation sites is 1. The summed E-state index contributed by atoms with van der Waals surface area (Å²) in [4.78, 5) is 40.6. The SMILES string of the molecule is CCOC(=O)[C@](C)(Cc1cn(C(=O)OC(C)(C)C)c2ccccc12)N(COC)C(=O)OC(C)(C)C. The van der Waals surface area contributed by atoms with Gasteiger partial charge in [-0.2, -0.15) is 0 Å². The predicted molar refractivity (Wildman–Crippen MR) is 132 cm³/mol. The van der Waals surface area contributed by atoms with E-state index in [1.807, 2.05) is 18.2 Å². The summed E-state index contributed by atoms with van der Waals surface area (Å²) in [6, 6.07) is 7.31. The normalized spacial score (nSPS) is 13.7. The van der Waals surface area contributed by atoms with Crippen LogP contribution >= 0.6 is 0 Å². The molecule has 0 spiro atoms.